The van der Waals surface area contributed by atoms with Gasteiger partial charge in [-0.2, -0.15) is 5.26 Å². The summed E-state index contributed by atoms with van der Waals surface area (Å²) in [7, 11) is 0. The maximum atomic E-state index is 11.3. The number of ether oxygens (including phenoxy) is 1. The standard InChI is InChI=1S/C11H14N2O3/c1-2-11-4-6(5-12)3-7(8-9(11)16-8)13(11)10(14)15/h6-9H,2-4H2,1H3,(H,14,15)/t6-,7-,8-,9-,11+/m0/s1. The number of hydrogen-bond donors (Lipinski definition) is 1. The minimum atomic E-state index is -0.862. The van der Waals surface area contributed by atoms with Crippen LogP contribution in [0, 0.1) is 17.2 Å². The molecule has 86 valence electrons. The van der Waals surface area contributed by atoms with Crippen molar-refractivity contribution in [2.45, 2.75) is 50.0 Å². The highest BCUT2D eigenvalue weighted by Gasteiger charge is 2.72. The molecular formula is C11H14N2O3. The Morgan fingerprint density at radius 3 is 3.06 bits per heavy atom. The van der Waals surface area contributed by atoms with E-state index in [1.165, 1.54) is 0 Å². The van der Waals surface area contributed by atoms with Crippen LogP contribution in [-0.2, 0) is 4.74 Å². The molecule has 0 aromatic carbocycles. The third-order valence-corrected chi connectivity index (χ3v) is 4.37. The van der Waals surface area contributed by atoms with Crippen molar-refractivity contribution in [3.63, 3.8) is 0 Å². The predicted octanol–water partition coefficient (Wildman–Crippen LogP) is 1.20. The Balaban J connectivity index is 2.00. The van der Waals surface area contributed by atoms with E-state index < -0.39 is 11.6 Å². The molecule has 1 amide bonds. The van der Waals surface area contributed by atoms with Gasteiger partial charge in [0, 0.05) is 0 Å². The van der Waals surface area contributed by atoms with E-state index >= 15 is 0 Å². The van der Waals surface area contributed by atoms with Crippen molar-refractivity contribution in [3.05, 3.63) is 0 Å². The minimum absolute atomic E-state index is 0.0167. The maximum Gasteiger partial charge on any atom is 0.408 e. The van der Waals surface area contributed by atoms with Crippen LogP contribution in [0.3, 0.4) is 0 Å². The van der Waals surface area contributed by atoms with Crippen LogP contribution < -0.4 is 0 Å². The quantitative estimate of drug-likeness (QED) is 0.676. The molecule has 0 aromatic rings. The normalized spacial score (nSPS) is 48.4. The van der Waals surface area contributed by atoms with Crippen LogP contribution in [0.2, 0.25) is 0 Å². The molecule has 3 aliphatic heterocycles. The number of hydrogen-bond acceptors (Lipinski definition) is 3. The highest BCUT2D eigenvalue weighted by molar-refractivity contribution is 5.69. The molecule has 5 atom stereocenters. The molecule has 3 fully saturated rings. The van der Waals surface area contributed by atoms with Gasteiger partial charge in [0.1, 0.15) is 12.2 Å². The van der Waals surface area contributed by atoms with Gasteiger partial charge >= 0.3 is 6.09 Å². The van der Waals surface area contributed by atoms with E-state index in [9.17, 15) is 9.90 Å². The van der Waals surface area contributed by atoms with Gasteiger partial charge in [0.25, 0.3) is 0 Å². The van der Waals surface area contributed by atoms with Crippen LogP contribution in [0.1, 0.15) is 26.2 Å². The van der Waals surface area contributed by atoms with Gasteiger partial charge < -0.3 is 9.84 Å². The van der Waals surface area contributed by atoms with Gasteiger partial charge in [-0.15, -0.1) is 0 Å². The summed E-state index contributed by atoms with van der Waals surface area (Å²) in [6.45, 7) is 1.98. The minimum Gasteiger partial charge on any atom is -0.465 e. The lowest BCUT2D eigenvalue weighted by atomic mass is 9.79. The topological polar surface area (TPSA) is 76.9 Å². The van der Waals surface area contributed by atoms with E-state index in [1.54, 1.807) is 4.90 Å². The number of rotatable bonds is 1. The number of fused-ring (bicyclic) bond motifs is 5. The zero-order valence-electron chi connectivity index (χ0n) is 9.09. The average Bonchev–Trinajstić information content (AvgIpc) is 3.03. The molecule has 0 aromatic heterocycles. The molecule has 2 bridgehead atoms. The fourth-order valence-electron chi connectivity index (χ4n) is 3.67. The molecule has 3 rings (SSSR count). The molecular weight excluding hydrogens is 208 g/mol. The average molecular weight is 222 g/mol. The Hall–Kier alpha value is -1.28. The highest BCUT2D eigenvalue weighted by Crippen LogP contribution is 2.57. The molecule has 1 N–H and O–H groups in total. The number of piperidine rings is 1. The smallest absolute Gasteiger partial charge is 0.408 e. The number of nitrogens with zero attached hydrogens (tertiary/aromatic N) is 2. The van der Waals surface area contributed by atoms with Crippen molar-refractivity contribution < 1.29 is 14.6 Å². The number of morpholine rings is 1. The van der Waals surface area contributed by atoms with E-state index in [0.717, 1.165) is 6.42 Å². The lowest BCUT2D eigenvalue weighted by Gasteiger charge is -2.46. The second-order valence-electron chi connectivity index (χ2n) is 4.96. The zero-order chi connectivity index (χ0) is 11.5. The van der Waals surface area contributed by atoms with Gasteiger partial charge in [-0.3, -0.25) is 4.90 Å². The Labute approximate surface area is 93.6 Å². The summed E-state index contributed by atoms with van der Waals surface area (Å²) in [5.41, 5.74) is -0.431. The number of nitriles is 1. The zero-order valence-corrected chi connectivity index (χ0v) is 9.09. The number of carboxylic acid groups (broad SMARTS) is 1. The SMILES string of the molecule is CC[C@@]12C[C@@H](C#N)C[C@@H]([C@@H]3O[C@@H]31)N2C(=O)O. The monoisotopic (exact) mass is 222 g/mol. The number of epoxide rings is 1. The Morgan fingerprint density at radius 2 is 2.50 bits per heavy atom. The van der Waals surface area contributed by atoms with Gasteiger partial charge in [-0.1, -0.05) is 6.92 Å². The maximum absolute atomic E-state index is 11.3. The summed E-state index contributed by atoms with van der Waals surface area (Å²) in [4.78, 5) is 12.9. The van der Waals surface area contributed by atoms with Crippen LogP contribution in [0.4, 0.5) is 4.79 Å². The summed E-state index contributed by atoms with van der Waals surface area (Å²) >= 11 is 0. The second kappa shape index (κ2) is 2.89. The molecule has 0 aliphatic carbocycles. The van der Waals surface area contributed by atoms with Crippen LogP contribution in [0.5, 0.6) is 0 Å². The lowest BCUT2D eigenvalue weighted by Crippen LogP contribution is -2.58. The highest BCUT2D eigenvalue weighted by atomic mass is 16.6. The van der Waals surface area contributed by atoms with E-state index in [0.29, 0.717) is 12.8 Å². The molecule has 5 nitrogen and oxygen atoms in total. The predicted molar refractivity (Wildman–Crippen MR) is 53.7 cm³/mol. The van der Waals surface area contributed by atoms with Gasteiger partial charge in [-0.25, -0.2) is 4.79 Å². The van der Waals surface area contributed by atoms with Crippen molar-refractivity contribution in [1.29, 1.82) is 5.26 Å². The summed E-state index contributed by atoms with van der Waals surface area (Å²) in [5, 5.41) is 18.3. The van der Waals surface area contributed by atoms with E-state index in [2.05, 4.69) is 6.07 Å². The third-order valence-electron chi connectivity index (χ3n) is 4.37. The first kappa shape index (κ1) is 9.91. The summed E-state index contributed by atoms with van der Waals surface area (Å²) in [6.07, 6.45) is 1.22. The summed E-state index contributed by atoms with van der Waals surface area (Å²) < 4.78 is 5.57. The molecule has 0 radical (unpaired) electrons. The van der Waals surface area contributed by atoms with Crippen LogP contribution in [-0.4, -0.2) is 39.9 Å². The van der Waals surface area contributed by atoms with E-state index in [1.807, 2.05) is 6.92 Å². The van der Waals surface area contributed by atoms with Crippen molar-refractivity contribution >= 4 is 6.09 Å². The number of carbonyl (C=O) groups is 1. The Kier molecular flexibility index (Phi) is 1.79. The summed E-state index contributed by atoms with van der Waals surface area (Å²) in [5.74, 6) is -0.0167. The molecule has 3 heterocycles. The van der Waals surface area contributed by atoms with Crippen molar-refractivity contribution in [3.8, 4) is 6.07 Å². The van der Waals surface area contributed by atoms with Gasteiger partial charge in [0.2, 0.25) is 0 Å². The van der Waals surface area contributed by atoms with Gasteiger partial charge in [0.05, 0.1) is 23.6 Å². The van der Waals surface area contributed by atoms with E-state index in [4.69, 9.17) is 10.00 Å². The second-order valence-corrected chi connectivity index (χ2v) is 4.96. The Morgan fingerprint density at radius 1 is 1.75 bits per heavy atom. The molecule has 5 heteroatoms. The molecule has 0 saturated carbocycles. The van der Waals surface area contributed by atoms with Crippen LogP contribution in [0.15, 0.2) is 0 Å². The van der Waals surface area contributed by atoms with Gasteiger partial charge in [0.15, 0.2) is 0 Å². The summed E-state index contributed by atoms with van der Waals surface area (Å²) in [6, 6.07) is 2.19. The number of amides is 1. The van der Waals surface area contributed by atoms with Gasteiger partial charge in [-0.05, 0) is 19.3 Å². The fraction of sp³-hybridized carbons (Fsp3) is 0.818. The molecule has 3 aliphatic rings. The van der Waals surface area contributed by atoms with Crippen molar-refractivity contribution in [2.24, 2.45) is 5.92 Å². The van der Waals surface area contributed by atoms with Crippen LogP contribution in [0.25, 0.3) is 0 Å². The largest absolute Gasteiger partial charge is 0.465 e. The van der Waals surface area contributed by atoms with E-state index in [-0.39, 0.29) is 24.2 Å². The van der Waals surface area contributed by atoms with Crippen molar-refractivity contribution in [1.82, 2.24) is 4.90 Å². The molecule has 3 saturated heterocycles. The molecule has 16 heavy (non-hydrogen) atoms. The first-order chi connectivity index (χ1) is 7.64. The van der Waals surface area contributed by atoms with Crippen molar-refractivity contribution in [2.75, 3.05) is 0 Å². The first-order valence-corrected chi connectivity index (χ1v) is 5.71. The lowest BCUT2D eigenvalue weighted by molar-refractivity contribution is -0.0213. The molecule has 0 spiro atoms. The van der Waals surface area contributed by atoms with Crippen LogP contribution >= 0.6 is 0 Å². The molecule has 0 unspecified atom stereocenters. The fourth-order valence-corrected chi connectivity index (χ4v) is 3.67. The first-order valence-electron chi connectivity index (χ1n) is 5.71. The Bertz CT molecular complexity index is 391. The third kappa shape index (κ3) is 0.957.